The van der Waals surface area contributed by atoms with Crippen LogP contribution in [0.5, 0.6) is 0 Å². The minimum Gasteiger partial charge on any atom is -0.394 e. The van der Waals surface area contributed by atoms with E-state index in [-0.39, 0.29) is 28.0 Å². The molecule has 14 heteroatoms. The third-order valence-corrected chi connectivity index (χ3v) is 4.77. The molecule has 1 aliphatic heterocycles. The molecule has 0 radical (unpaired) electrons. The number of urea groups is 1. The van der Waals surface area contributed by atoms with Gasteiger partial charge in [-0.3, -0.25) is 19.9 Å². The first-order chi connectivity index (χ1) is 14.2. The number of imide groups is 1. The van der Waals surface area contributed by atoms with Crippen molar-refractivity contribution in [2.24, 2.45) is 11.7 Å². The highest BCUT2D eigenvalue weighted by molar-refractivity contribution is 6.05. The first-order valence-electron chi connectivity index (χ1n) is 9.06. The molecule has 14 nitrogen and oxygen atoms in total. The molecule has 0 aromatic carbocycles. The van der Waals surface area contributed by atoms with Crippen LogP contribution in [0.3, 0.4) is 0 Å². The molecule has 7 N–H and O–H groups in total. The van der Waals surface area contributed by atoms with Gasteiger partial charge in [0.25, 0.3) is 0 Å². The molecule has 0 spiro atoms. The fourth-order valence-electron chi connectivity index (χ4n) is 2.93. The number of hydroxylamine groups is 1. The van der Waals surface area contributed by atoms with Crippen LogP contribution < -0.4 is 16.1 Å². The van der Waals surface area contributed by atoms with Gasteiger partial charge < -0.3 is 25.8 Å². The topological polar surface area (TPSA) is 209 Å². The first-order valence-corrected chi connectivity index (χ1v) is 9.06. The summed E-state index contributed by atoms with van der Waals surface area (Å²) < 4.78 is 6.69. The summed E-state index contributed by atoms with van der Waals surface area (Å²) in [7, 11) is 0. The number of aliphatic hydroxyl groups is 3. The van der Waals surface area contributed by atoms with Crippen LogP contribution in [0.2, 0.25) is 0 Å². The highest BCUT2D eigenvalue weighted by Crippen LogP contribution is 2.32. The number of carbonyl (C=O) groups excluding carboxylic acids is 2. The van der Waals surface area contributed by atoms with Gasteiger partial charge in [-0.1, -0.05) is 13.8 Å². The molecule has 1 fully saturated rings. The number of aromatic nitrogens is 4. The fraction of sp³-hybridized carbons (Fsp3) is 0.562. The lowest BCUT2D eigenvalue weighted by Crippen LogP contribution is -2.50. The van der Waals surface area contributed by atoms with Crippen molar-refractivity contribution in [3.8, 4) is 0 Å². The summed E-state index contributed by atoms with van der Waals surface area (Å²) in [4.78, 5) is 36.0. The number of nitrogens with zero attached hydrogens (tertiary/aromatic N) is 5. The highest BCUT2D eigenvalue weighted by Gasteiger charge is 2.44. The average Bonchev–Trinajstić information content (AvgIpc) is 3.27. The van der Waals surface area contributed by atoms with Crippen LogP contribution in [0.15, 0.2) is 12.7 Å². The van der Waals surface area contributed by atoms with Crippen LogP contribution in [-0.2, 0) is 9.53 Å². The Labute approximate surface area is 169 Å². The lowest BCUT2D eigenvalue weighted by molar-refractivity contribution is -0.122. The summed E-state index contributed by atoms with van der Waals surface area (Å²) in [5, 5.41) is 41.7. The lowest BCUT2D eigenvalue weighted by atomic mass is 10.1. The number of aliphatic hydroxyl groups excluding tert-OH is 3. The van der Waals surface area contributed by atoms with Crippen molar-refractivity contribution in [3.05, 3.63) is 12.7 Å². The Kier molecular flexibility index (Phi) is 6.25. The number of hydrogen-bond donors (Lipinski definition) is 6. The molecule has 2 aromatic rings. The minimum atomic E-state index is -1.39. The number of anilines is 1. The molecular formula is C16H23N7O7. The van der Waals surface area contributed by atoms with Crippen LogP contribution in [-0.4, -0.2) is 82.9 Å². The van der Waals surface area contributed by atoms with Gasteiger partial charge in [0.05, 0.1) is 19.0 Å². The largest absolute Gasteiger partial charge is 0.394 e. The van der Waals surface area contributed by atoms with E-state index in [0.29, 0.717) is 0 Å². The Morgan fingerprint density at radius 1 is 1.30 bits per heavy atom. The maximum absolute atomic E-state index is 12.2. The summed E-state index contributed by atoms with van der Waals surface area (Å²) in [5.41, 5.74) is 5.69. The highest BCUT2D eigenvalue weighted by atomic mass is 16.6. The zero-order chi connectivity index (χ0) is 22.2. The molecule has 0 aliphatic carbocycles. The Hall–Kier alpha value is -2.75. The van der Waals surface area contributed by atoms with E-state index >= 15 is 0 Å². The molecular weight excluding hydrogens is 402 g/mol. The van der Waals surface area contributed by atoms with Crippen molar-refractivity contribution in [1.82, 2.24) is 24.8 Å². The number of amides is 3. The molecule has 3 heterocycles. The summed E-state index contributed by atoms with van der Waals surface area (Å²) in [5.74, 6) is -1.35. The Balaban J connectivity index is 1.87. The van der Waals surface area contributed by atoms with Gasteiger partial charge in [0.1, 0.15) is 24.6 Å². The van der Waals surface area contributed by atoms with Crippen molar-refractivity contribution in [2.45, 2.75) is 44.4 Å². The van der Waals surface area contributed by atoms with E-state index in [9.17, 15) is 30.1 Å². The Morgan fingerprint density at radius 2 is 2.00 bits per heavy atom. The molecule has 0 saturated carbocycles. The van der Waals surface area contributed by atoms with Crippen LogP contribution in [0.4, 0.5) is 10.6 Å². The summed E-state index contributed by atoms with van der Waals surface area (Å²) in [6.07, 6.45) is -2.64. The van der Waals surface area contributed by atoms with E-state index in [2.05, 4.69) is 15.0 Å². The molecule has 1 saturated heterocycles. The van der Waals surface area contributed by atoms with Crippen LogP contribution in [0.25, 0.3) is 11.2 Å². The molecule has 3 amide bonds. The van der Waals surface area contributed by atoms with Gasteiger partial charge in [-0.05, 0) is 5.92 Å². The number of imidazole rings is 1. The normalized spacial score (nSPS) is 24.9. The summed E-state index contributed by atoms with van der Waals surface area (Å²) in [6.45, 7) is 2.88. The molecule has 30 heavy (non-hydrogen) atoms. The number of nitrogens with two attached hydrogens (primary N) is 1. The standard InChI is InChI=1S/C16H23N7O7/c1-6(2)8(17)14(27)21-16(28)23(29)13-9-12(18-4-19-13)22(5-20-9)15-11(26)10(25)7(3-24)30-15/h4-8,10-11,15,24-26,29H,3,17H2,1-2H3,(H,21,27,28)/t7-,8?,10-,11-,15-/m1/s1. The summed E-state index contributed by atoms with van der Waals surface area (Å²) in [6, 6.07) is -2.16. The molecule has 1 unspecified atom stereocenters. The first kappa shape index (κ1) is 21.9. The van der Waals surface area contributed by atoms with E-state index in [4.69, 9.17) is 10.5 Å². The number of fused-ring (bicyclic) bond motifs is 1. The van der Waals surface area contributed by atoms with Crippen LogP contribution >= 0.6 is 0 Å². The maximum atomic E-state index is 12.2. The van der Waals surface area contributed by atoms with Crippen molar-refractivity contribution < 1.29 is 34.9 Å². The van der Waals surface area contributed by atoms with Crippen molar-refractivity contribution in [2.75, 3.05) is 11.7 Å². The molecule has 2 aromatic heterocycles. The smallest absolute Gasteiger partial charge is 0.354 e. The number of carbonyl (C=O) groups is 2. The van der Waals surface area contributed by atoms with E-state index in [1.54, 1.807) is 13.8 Å². The van der Waals surface area contributed by atoms with E-state index < -0.39 is 49.1 Å². The number of rotatable bonds is 5. The second-order valence-corrected chi connectivity index (χ2v) is 7.13. The van der Waals surface area contributed by atoms with Crippen molar-refractivity contribution >= 4 is 28.9 Å². The van der Waals surface area contributed by atoms with Crippen molar-refractivity contribution in [3.63, 3.8) is 0 Å². The van der Waals surface area contributed by atoms with Gasteiger partial charge in [-0.25, -0.2) is 19.7 Å². The van der Waals surface area contributed by atoms with Crippen molar-refractivity contribution in [1.29, 1.82) is 0 Å². The number of nitrogens with one attached hydrogen (secondary N) is 1. The van der Waals surface area contributed by atoms with E-state index in [0.717, 1.165) is 6.33 Å². The number of ether oxygens (including phenoxy) is 1. The van der Waals surface area contributed by atoms with Gasteiger partial charge >= 0.3 is 6.03 Å². The fourth-order valence-corrected chi connectivity index (χ4v) is 2.93. The van der Waals surface area contributed by atoms with Gasteiger partial charge in [-0.15, -0.1) is 0 Å². The zero-order valence-corrected chi connectivity index (χ0v) is 16.2. The van der Waals surface area contributed by atoms with Gasteiger partial charge in [0.15, 0.2) is 23.2 Å². The average molecular weight is 425 g/mol. The van der Waals surface area contributed by atoms with Crippen LogP contribution in [0.1, 0.15) is 20.1 Å². The molecule has 5 atom stereocenters. The SMILES string of the molecule is CC(C)C(N)C(=O)NC(=O)N(O)c1ncnc2c1ncn2[C@@H]1O[C@H](CO)[C@@H](O)[C@H]1O. The van der Waals surface area contributed by atoms with Crippen LogP contribution in [0, 0.1) is 5.92 Å². The quantitative estimate of drug-likeness (QED) is 0.225. The van der Waals surface area contributed by atoms with E-state index in [1.165, 1.54) is 10.9 Å². The number of hydrogen-bond acceptors (Lipinski definition) is 11. The zero-order valence-electron chi connectivity index (χ0n) is 16.2. The molecule has 1 aliphatic rings. The van der Waals surface area contributed by atoms with Gasteiger partial charge in [0.2, 0.25) is 5.91 Å². The van der Waals surface area contributed by atoms with Gasteiger partial charge in [0, 0.05) is 0 Å². The Bertz CT molecular complexity index is 936. The third kappa shape index (κ3) is 3.83. The lowest BCUT2D eigenvalue weighted by Gasteiger charge is -2.18. The molecule has 3 rings (SSSR count). The van der Waals surface area contributed by atoms with E-state index in [1.807, 2.05) is 5.32 Å². The predicted molar refractivity (Wildman–Crippen MR) is 99.0 cm³/mol. The predicted octanol–water partition coefficient (Wildman–Crippen LogP) is -2.15. The maximum Gasteiger partial charge on any atom is 0.354 e. The third-order valence-electron chi connectivity index (χ3n) is 4.77. The summed E-state index contributed by atoms with van der Waals surface area (Å²) >= 11 is 0. The Morgan fingerprint density at radius 3 is 2.60 bits per heavy atom. The second-order valence-electron chi connectivity index (χ2n) is 7.13. The van der Waals surface area contributed by atoms with Gasteiger partial charge in [-0.2, -0.15) is 5.06 Å². The molecule has 164 valence electrons. The second kappa shape index (κ2) is 8.55. The minimum absolute atomic E-state index is 0.0477. The molecule has 0 bridgehead atoms. The monoisotopic (exact) mass is 425 g/mol.